The van der Waals surface area contributed by atoms with Gasteiger partial charge in [0, 0.05) is 23.7 Å². The predicted octanol–water partition coefficient (Wildman–Crippen LogP) is 4.54. The third-order valence-electron chi connectivity index (χ3n) is 3.40. The number of hydrogen-bond donors (Lipinski definition) is 1. The lowest BCUT2D eigenvalue weighted by Crippen LogP contribution is -2.07. The first kappa shape index (κ1) is 20.1. The number of carbonyl (C=O) groups excluding carboxylic acids is 2. The molecule has 0 unspecified atom stereocenters. The molecule has 1 amide bonds. The Balaban J connectivity index is 2.27. The van der Waals surface area contributed by atoms with Crippen molar-refractivity contribution in [3.8, 4) is 11.5 Å². The van der Waals surface area contributed by atoms with Crippen molar-refractivity contribution >= 4 is 23.5 Å². The van der Waals surface area contributed by atoms with Crippen LogP contribution in [0.2, 0.25) is 0 Å². The van der Waals surface area contributed by atoms with Crippen LogP contribution in [-0.2, 0) is 4.79 Å². The number of halogens is 2. The second-order valence-corrected chi connectivity index (χ2v) is 5.45. The van der Waals surface area contributed by atoms with Crippen molar-refractivity contribution < 1.29 is 27.8 Å². The third-order valence-corrected chi connectivity index (χ3v) is 3.40. The molecule has 0 heterocycles. The first-order chi connectivity index (χ1) is 12.9. The average Bonchev–Trinajstić information content (AvgIpc) is 2.61. The van der Waals surface area contributed by atoms with E-state index in [4.69, 9.17) is 4.74 Å². The second kappa shape index (κ2) is 9.47. The summed E-state index contributed by atoms with van der Waals surface area (Å²) in [5, 5.41) is 2.59. The molecule has 0 aliphatic heterocycles. The minimum atomic E-state index is -3.02. The van der Waals surface area contributed by atoms with E-state index < -0.39 is 6.61 Å². The molecule has 0 saturated heterocycles. The van der Waals surface area contributed by atoms with E-state index in [1.54, 1.807) is 31.2 Å². The van der Waals surface area contributed by atoms with E-state index in [9.17, 15) is 18.4 Å². The molecule has 5 nitrogen and oxygen atoms in total. The van der Waals surface area contributed by atoms with Gasteiger partial charge >= 0.3 is 6.61 Å². The number of carbonyl (C=O) groups is 2. The van der Waals surface area contributed by atoms with E-state index in [0.29, 0.717) is 11.3 Å². The van der Waals surface area contributed by atoms with Crippen LogP contribution in [0.3, 0.4) is 0 Å². The van der Waals surface area contributed by atoms with E-state index >= 15 is 0 Å². The standard InChI is InChI=1S/C20H19F2NO4/c1-3-26-18-9-5-6-14(19(18)27-20(21)22)10-11-17(25)15-7-4-8-16(12-15)23-13(2)24/h4-12,20H,3H2,1-2H3,(H,23,24)/b11-10+. The Morgan fingerprint density at radius 1 is 1.19 bits per heavy atom. The average molecular weight is 375 g/mol. The van der Waals surface area contributed by atoms with E-state index in [1.165, 1.54) is 37.3 Å². The van der Waals surface area contributed by atoms with Crippen molar-refractivity contribution in [1.82, 2.24) is 0 Å². The number of alkyl halides is 2. The monoisotopic (exact) mass is 375 g/mol. The van der Waals surface area contributed by atoms with Crippen LogP contribution in [0.15, 0.2) is 48.5 Å². The van der Waals surface area contributed by atoms with E-state index in [1.807, 2.05) is 0 Å². The van der Waals surface area contributed by atoms with Gasteiger partial charge in [-0.3, -0.25) is 9.59 Å². The van der Waals surface area contributed by atoms with Gasteiger partial charge in [0.2, 0.25) is 5.91 Å². The summed E-state index contributed by atoms with van der Waals surface area (Å²) in [6.45, 7) is 0.343. The molecule has 0 aliphatic rings. The highest BCUT2D eigenvalue weighted by Crippen LogP contribution is 2.33. The maximum atomic E-state index is 12.7. The zero-order valence-electron chi connectivity index (χ0n) is 14.9. The van der Waals surface area contributed by atoms with Crippen LogP contribution in [0.4, 0.5) is 14.5 Å². The summed E-state index contributed by atoms with van der Waals surface area (Å²) >= 11 is 0. The summed E-state index contributed by atoms with van der Waals surface area (Å²) in [5.41, 5.74) is 1.12. The molecule has 0 fully saturated rings. The number of amides is 1. The highest BCUT2D eigenvalue weighted by atomic mass is 19.3. The van der Waals surface area contributed by atoms with Gasteiger partial charge in [-0.05, 0) is 37.3 Å². The molecule has 1 N–H and O–H groups in total. The van der Waals surface area contributed by atoms with Crippen LogP contribution in [0, 0.1) is 0 Å². The Bertz CT molecular complexity index is 850. The van der Waals surface area contributed by atoms with Gasteiger partial charge in [-0.25, -0.2) is 0 Å². The molecule has 0 spiro atoms. The molecule has 0 bridgehead atoms. The number of ketones is 1. The Labute approximate surface area is 155 Å². The first-order valence-corrected chi connectivity index (χ1v) is 8.21. The quantitative estimate of drug-likeness (QED) is 0.543. The van der Waals surface area contributed by atoms with Crippen molar-refractivity contribution in [3.05, 3.63) is 59.7 Å². The summed E-state index contributed by atoms with van der Waals surface area (Å²) in [6.07, 6.45) is 2.63. The fourth-order valence-corrected chi connectivity index (χ4v) is 2.36. The van der Waals surface area contributed by atoms with Crippen LogP contribution >= 0.6 is 0 Å². The second-order valence-electron chi connectivity index (χ2n) is 5.45. The number of nitrogens with one attached hydrogen (secondary N) is 1. The molecule has 27 heavy (non-hydrogen) atoms. The number of anilines is 1. The van der Waals surface area contributed by atoms with Gasteiger partial charge in [0.1, 0.15) is 0 Å². The first-order valence-electron chi connectivity index (χ1n) is 8.21. The minimum Gasteiger partial charge on any atom is -0.490 e. The Kier molecular flexibility index (Phi) is 7.05. The molecule has 0 aliphatic carbocycles. The zero-order chi connectivity index (χ0) is 19.8. The highest BCUT2D eigenvalue weighted by Gasteiger charge is 2.14. The molecular weight excluding hydrogens is 356 g/mol. The van der Waals surface area contributed by atoms with Gasteiger partial charge in [-0.2, -0.15) is 8.78 Å². The maximum absolute atomic E-state index is 12.7. The van der Waals surface area contributed by atoms with Crippen molar-refractivity contribution in [1.29, 1.82) is 0 Å². The molecular formula is C20H19F2NO4. The molecule has 2 aromatic rings. The fraction of sp³-hybridized carbons (Fsp3) is 0.200. The summed E-state index contributed by atoms with van der Waals surface area (Å²) in [6, 6.07) is 11.1. The topological polar surface area (TPSA) is 64.6 Å². The number of hydrogen-bond acceptors (Lipinski definition) is 4. The highest BCUT2D eigenvalue weighted by molar-refractivity contribution is 6.07. The van der Waals surface area contributed by atoms with Gasteiger partial charge < -0.3 is 14.8 Å². The Morgan fingerprint density at radius 3 is 2.59 bits per heavy atom. The minimum absolute atomic E-state index is 0.134. The van der Waals surface area contributed by atoms with Gasteiger partial charge in [0.15, 0.2) is 17.3 Å². The summed E-state index contributed by atoms with van der Waals surface area (Å²) < 4.78 is 35.3. The SMILES string of the molecule is CCOc1cccc(/C=C/C(=O)c2cccc(NC(C)=O)c2)c1OC(F)F. The molecule has 0 radical (unpaired) electrons. The molecule has 0 atom stereocenters. The van der Waals surface area contributed by atoms with Crippen LogP contribution < -0.4 is 14.8 Å². The van der Waals surface area contributed by atoms with Crippen molar-refractivity contribution in [2.45, 2.75) is 20.5 Å². The Morgan fingerprint density at radius 2 is 1.93 bits per heavy atom. The van der Waals surface area contributed by atoms with E-state index in [0.717, 1.165) is 0 Å². The fourth-order valence-electron chi connectivity index (χ4n) is 2.36. The maximum Gasteiger partial charge on any atom is 0.387 e. The van der Waals surface area contributed by atoms with E-state index in [2.05, 4.69) is 10.1 Å². The van der Waals surface area contributed by atoms with Crippen LogP contribution in [0.5, 0.6) is 11.5 Å². The Hall–Kier alpha value is -3.22. The number of para-hydroxylation sites is 1. The van der Waals surface area contributed by atoms with Crippen molar-refractivity contribution in [3.63, 3.8) is 0 Å². The lowest BCUT2D eigenvalue weighted by molar-refractivity contribution is -0.114. The zero-order valence-corrected chi connectivity index (χ0v) is 14.9. The van der Waals surface area contributed by atoms with E-state index in [-0.39, 0.29) is 35.4 Å². The van der Waals surface area contributed by atoms with Crippen LogP contribution in [-0.4, -0.2) is 24.9 Å². The van der Waals surface area contributed by atoms with Gasteiger partial charge in [-0.1, -0.05) is 24.3 Å². The largest absolute Gasteiger partial charge is 0.490 e. The van der Waals surface area contributed by atoms with Gasteiger partial charge in [0.25, 0.3) is 0 Å². The molecule has 7 heteroatoms. The lowest BCUT2D eigenvalue weighted by atomic mass is 10.1. The normalized spacial score (nSPS) is 10.9. The summed E-state index contributed by atoms with van der Waals surface area (Å²) in [7, 11) is 0. The number of ether oxygens (including phenoxy) is 2. The van der Waals surface area contributed by atoms with Crippen molar-refractivity contribution in [2.75, 3.05) is 11.9 Å². The smallest absolute Gasteiger partial charge is 0.387 e. The molecule has 2 rings (SSSR count). The van der Waals surface area contributed by atoms with Crippen LogP contribution in [0.1, 0.15) is 29.8 Å². The number of allylic oxidation sites excluding steroid dienone is 1. The van der Waals surface area contributed by atoms with Gasteiger partial charge in [-0.15, -0.1) is 0 Å². The van der Waals surface area contributed by atoms with Gasteiger partial charge in [0.05, 0.1) is 6.61 Å². The van der Waals surface area contributed by atoms with Crippen LogP contribution in [0.25, 0.3) is 6.08 Å². The molecule has 0 saturated carbocycles. The lowest BCUT2D eigenvalue weighted by Gasteiger charge is -2.13. The predicted molar refractivity (Wildman–Crippen MR) is 98.4 cm³/mol. The molecule has 0 aromatic heterocycles. The summed E-state index contributed by atoms with van der Waals surface area (Å²) in [4.78, 5) is 23.5. The summed E-state index contributed by atoms with van der Waals surface area (Å²) in [5.74, 6) is -0.575. The third kappa shape index (κ3) is 5.91. The molecule has 142 valence electrons. The molecule has 2 aromatic carbocycles. The number of benzene rings is 2. The van der Waals surface area contributed by atoms with Crippen molar-refractivity contribution in [2.24, 2.45) is 0 Å². The number of rotatable bonds is 8.